The standard InChI is InChI=1S/Ca.Mg.2O.2Ti.4H. The summed E-state index contributed by atoms with van der Waals surface area (Å²) in [6, 6.07) is 0. The first-order chi connectivity index (χ1) is 2.00. The first-order valence-electron chi connectivity index (χ1n) is 0.408. The fourth-order valence-electron chi connectivity index (χ4n) is 0. The third-order valence-corrected chi connectivity index (χ3v) is 0. The topological polar surface area (TPSA) is 34.1 Å². The summed E-state index contributed by atoms with van der Waals surface area (Å²) in [6.07, 6.45) is 0. The number of hydrogen-bond donors (Lipinski definition) is 0. The van der Waals surface area contributed by atoms with Crippen LogP contribution < -0.4 is 0 Å². The molecule has 0 aliphatic heterocycles. The predicted molar refractivity (Wildman–Crippen MR) is 18.5 cm³/mol. The van der Waals surface area contributed by atoms with Crippen LogP contribution in [0.1, 0.15) is 0 Å². The summed E-state index contributed by atoms with van der Waals surface area (Å²) in [5, 5.41) is 0. The van der Waals surface area contributed by atoms with Gasteiger partial charge in [0.25, 0.3) is 0 Å². The Morgan fingerprint density at radius 1 is 0.833 bits per heavy atom. The third-order valence-electron chi connectivity index (χ3n) is 0. The first kappa shape index (κ1) is 23.0. The molecule has 28 valence electrons. The second-order valence-corrected chi connectivity index (χ2v) is 0. The molecule has 0 aromatic rings. The Labute approximate surface area is 106 Å². The zero-order valence-corrected chi connectivity index (χ0v) is 4.94. The van der Waals surface area contributed by atoms with E-state index in [0.717, 1.165) is 40.8 Å². The molecular formula is H4CaMgO2Ti2. The second-order valence-electron chi connectivity index (χ2n) is 0. The molecule has 0 saturated carbocycles. The molecule has 2 nitrogen and oxygen atoms in total. The van der Waals surface area contributed by atoms with E-state index < -0.39 is 0 Å². The Bertz CT molecular complexity index is 13.5. The molecule has 0 aliphatic carbocycles. The average Bonchev–Trinajstić information content (AvgIpc) is 1.50. The Balaban J connectivity index is -0.00000000500. The number of rotatable bonds is 0. The van der Waals surface area contributed by atoms with E-state index in [0.29, 0.717) is 0 Å². The zero-order chi connectivity index (χ0) is 4.00. The maximum absolute atomic E-state index is 8.25. The van der Waals surface area contributed by atoms with Crippen molar-refractivity contribution in [3.63, 3.8) is 0 Å². The summed E-state index contributed by atoms with van der Waals surface area (Å²) < 4.78 is 16.5. The van der Waals surface area contributed by atoms with Gasteiger partial charge in [0.15, 0.2) is 0 Å². The molecule has 0 heterocycles. The van der Waals surface area contributed by atoms with Gasteiger partial charge < -0.3 is 0 Å². The van der Waals surface area contributed by atoms with Gasteiger partial charge in [-0.25, -0.2) is 0 Å². The van der Waals surface area contributed by atoms with Crippen LogP contribution >= 0.6 is 0 Å². The van der Waals surface area contributed by atoms with E-state index in [1.165, 1.54) is 0 Å². The van der Waals surface area contributed by atoms with Crippen LogP contribution in [0, 0.1) is 0 Å². The molecule has 0 aliphatic rings. The Hall–Kier alpha value is 3.05. The SMILES string of the molecule is [CaH2].[MgH2].[O]=[Ti].[O]=[Ti]. The normalized spacial score (nSPS) is 1.00. The average molecular weight is 196 g/mol. The van der Waals surface area contributed by atoms with Crippen LogP contribution in [0.4, 0.5) is 0 Å². The van der Waals surface area contributed by atoms with Crippen molar-refractivity contribution in [1.82, 2.24) is 0 Å². The van der Waals surface area contributed by atoms with Gasteiger partial charge in [-0.2, -0.15) is 0 Å². The molecule has 0 bridgehead atoms. The van der Waals surface area contributed by atoms with Crippen molar-refractivity contribution in [2.75, 3.05) is 0 Å². The fourth-order valence-corrected chi connectivity index (χ4v) is 0. The minimum absolute atomic E-state index is 0. The molecule has 0 aromatic carbocycles. The summed E-state index contributed by atoms with van der Waals surface area (Å²) in [7, 11) is 0. The van der Waals surface area contributed by atoms with Crippen molar-refractivity contribution in [2.45, 2.75) is 0 Å². The van der Waals surface area contributed by atoms with Crippen LogP contribution in [0.5, 0.6) is 0 Å². The minimum atomic E-state index is 0. The van der Waals surface area contributed by atoms with Gasteiger partial charge in [0.2, 0.25) is 0 Å². The summed E-state index contributed by atoms with van der Waals surface area (Å²) >= 11 is 1.50. The van der Waals surface area contributed by atoms with E-state index in [2.05, 4.69) is 0 Å². The molecule has 0 unspecified atom stereocenters. The van der Waals surface area contributed by atoms with Crippen molar-refractivity contribution in [1.29, 1.82) is 0 Å². The molecular weight excluding hydrogens is 192 g/mol. The van der Waals surface area contributed by atoms with E-state index in [-0.39, 0.29) is 60.8 Å². The fraction of sp³-hybridized carbons (Fsp3) is 0. The van der Waals surface area contributed by atoms with E-state index in [1.54, 1.807) is 0 Å². The van der Waals surface area contributed by atoms with E-state index in [4.69, 9.17) is 6.65 Å². The van der Waals surface area contributed by atoms with Gasteiger partial charge >= 0.3 is 108 Å². The van der Waals surface area contributed by atoms with Gasteiger partial charge in [-0.15, -0.1) is 0 Å². The summed E-state index contributed by atoms with van der Waals surface area (Å²) in [4.78, 5) is 0. The predicted octanol–water partition coefficient (Wildman–Crippen LogP) is -2.08. The zero-order valence-electron chi connectivity index (χ0n) is 1.82. The quantitative estimate of drug-likeness (QED) is 0.417. The van der Waals surface area contributed by atoms with Gasteiger partial charge in [-0.3, -0.25) is 0 Å². The molecule has 0 saturated heterocycles. The first-order valence-corrected chi connectivity index (χ1v) is 1.68. The molecule has 0 fully saturated rings. The molecule has 0 radical (unpaired) electrons. The van der Waals surface area contributed by atoms with Gasteiger partial charge in [-0.1, -0.05) is 0 Å². The van der Waals surface area contributed by atoms with Crippen LogP contribution in [-0.4, -0.2) is 60.8 Å². The maximum atomic E-state index is 8.25. The van der Waals surface area contributed by atoms with Gasteiger partial charge in [0, 0.05) is 0 Å². The van der Waals surface area contributed by atoms with Crippen LogP contribution in [0.25, 0.3) is 0 Å². The van der Waals surface area contributed by atoms with E-state index in [9.17, 15) is 0 Å². The summed E-state index contributed by atoms with van der Waals surface area (Å²) in [6.45, 7) is 0. The van der Waals surface area contributed by atoms with Gasteiger partial charge in [0.1, 0.15) is 0 Å². The van der Waals surface area contributed by atoms with Crippen LogP contribution in [0.2, 0.25) is 0 Å². The third kappa shape index (κ3) is 27.7. The molecule has 6 heavy (non-hydrogen) atoms. The second kappa shape index (κ2) is 43.0. The van der Waals surface area contributed by atoms with Gasteiger partial charge in [0.05, 0.1) is 0 Å². The van der Waals surface area contributed by atoms with Crippen LogP contribution in [-0.2, 0) is 47.5 Å². The molecule has 6 heteroatoms. The summed E-state index contributed by atoms with van der Waals surface area (Å²) in [5.74, 6) is 0. The molecule has 0 aromatic heterocycles. The molecule has 0 amide bonds. The van der Waals surface area contributed by atoms with Crippen molar-refractivity contribution < 1.29 is 47.5 Å². The number of hydrogen-bond acceptors (Lipinski definition) is 2. The van der Waals surface area contributed by atoms with Crippen molar-refractivity contribution in [2.24, 2.45) is 0 Å². The van der Waals surface area contributed by atoms with Crippen molar-refractivity contribution >= 4 is 60.8 Å². The Morgan fingerprint density at radius 2 is 0.833 bits per heavy atom. The van der Waals surface area contributed by atoms with Crippen LogP contribution in [0.15, 0.2) is 0 Å². The molecule has 0 rings (SSSR count). The molecule has 0 atom stereocenters. The monoisotopic (exact) mass is 196 g/mol. The van der Waals surface area contributed by atoms with Gasteiger partial charge in [-0.05, 0) is 0 Å². The van der Waals surface area contributed by atoms with Crippen LogP contribution in [0.3, 0.4) is 0 Å². The molecule has 0 N–H and O–H groups in total. The Morgan fingerprint density at radius 3 is 0.833 bits per heavy atom. The van der Waals surface area contributed by atoms with Crippen molar-refractivity contribution in [3.05, 3.63) is 0 Å². The summed E-state index contributed by atoms with van der Waals surface area (Å²) in [5.41, 5.74) is 0. The van der Waals surface area contributed by atoms with E-state index in [1.807, 2.05) is 0 Å². The Kier molecular flexibility index (Phi) is 165. The van der Waals surface area contributed by atoms with Crippen molar-refractivity contribution in [3.8, 4) is 0 Å². The molecule has 0 spiro atoms. The van der Waals surface area contributed by atoms with E-state index >= 15 is 0 Å².